The Labute approximate surface area is 175 Å². The molecule has 0 aliphatic rings. The van der Waals surface area contributed by atoms with Gasteiger partial charge in [-0.3, -0.25) is 5.43 Å². The van der Waals surface area contributed by atoms with E-state index in [9.17, 15) is 13.2 Å². The molecule has 0 spiro atoms. The molecule has 0 atom stereocenters. The van der Waals surface area contributed by atoms with Crippen molar-refractivity contribution in [1.82, 2.24) is 0 Å². The Morgan fingerprint density at radius 2 is 1.69 bits per heavy atom. The molecule has 0 saturated carbocycles. The van der Waals surface area contributed by atoms with Gasteiger partial charge in [0.2, 0.25) is 0 Å². The van der Waals surface area contributed by atoms with Crippen molar-refractivity contribution in [3.8, 4) is 5.75 Å². The van der Waals surface area contributed by atoms with Crippen LogP contribution < -0.4 is 10.2 Å². The maximum atomic E-state index is 12.6. The van der Waals surface area contributed by atoms with Gasteiger partial charge >= 0.3 is 6.18 Å². The minimum atomic E-state index is -4.36. The van der Waals surface area contributed by atoms with Crippen LogP contribution in [0.15, 0.2) is 71.8 Å². The number of ether oxygens (including phenoxy) is 1. The van der Waals surface area contributed by atoms with Crippen molar-refractivity contribution < 1.29 is 17.9 Å². The molecule has 0 aromatic heterocycles. The van der Waals surface area contributed by atoms with Crippen molar-refractivity contribution in [3.05, 3.63) is 93.5 Å². The average Bonchev–Trinajstić information content (AvgIpc) is 2.69. The van der Waals surface area contributed by atoms with Gasteiger partial charge in [-0.25, -0.2) is 0 Å². The highest BCUT2D eigenvalue weighted by Gasteiger charge is 2.29. The van der Waals surface area contributed by atoms with E-state index in [1.165, 1.54) is 12.1 Å². The topological polar surface area (TPSA) is 33.6 Å². The number of anilines is 1. The number of alkyl halides is 3. The van der Waals surface area contributed by atoms with Gasteiger partial charge in [-0.15, -0.1) is 0 Å². The summed E-state index contributed by atoms with van der Waals surface area (Å²) in [6.45, 7) is 0.321. The SMILES string of the molecule is FC(F)(F)c1ccc(NN=Cc2cccc(OCc3ccc(Cl)c(Cl)c3)c2)cc1. The summed E-state index contributed by atoms with van der Waals surface area (Å²) < 4.78 is 43.4. The molecule has 3 aromatic carbocycles. The summed E-state index contributed by atoms with van der Waals surface area (Å²) in [5, 5.41) is 4.98. The lowest BCUT2D eigenvalue weighted by atomic mass is 10.2. The minimum absolute atomic E-state index is 0.321. The summed E-state index contributed by atoms with van der Waals surface area (Å²) in [4.78, 5) is 0. The molecule has 0 heterocycles. The monoisotopic (exact) mass is 438 g/mol. The molecule has 0 aliphatic carbocycles. The third-order valence-corrected chi connectivity index (χ3v) is 4.61. The van der Waals surface area contributed by atoms with E-state index in [0.29, 0.717) is 28.1 Å². The van der Waals surface area contributed by atoms with Gasteiger partial charge < -0.3 is 4.74 Å². The lowest BCUT2D eigenvalue weighted by Gasteiger charge is -2.08. The Kier molecular flexibility index (Phi) is 6.67. The van der Waals surface area contributed by atoms with Crippen molar-refractivity contribution in [1.29, 1.82) is 0 Å². The van der Waals surface area contributed by atoms with Crippen LogP contribution in [0.4, 0.5) is 18.9 Å². The number of hydrazone groups is 1. The molecule has 0 amide bonds. The molecular weight excluding hydrogens is 424 g/mol. The fourth-order valence-corrected chi connectivity index (χ4v) is 2.72. The van der Waals surface area contributed by atoms with Crippen LogP contribution in [0, 0.1) is 0 Å². The molecular formula is C21H15Cl2F3N2O. The second-order valence-corrected chi connectivity index (χ2v) is 6.87. The lowest BCUT2D eigenvalue weighted by molar-refractivity contribution is -0.137. The van der Waals surface area contributed by atoms with E-state index in [0.717, 1.165) is 23.3 Å². The van der Waals surface area contributed by atoms with Crippen molar-refractivity contribution in [2.45, 2.75) is 12.8 Å². The summed E-state index contributed by atoms with van der Waals surface area (Å²) in [5.74, 6) is 0.634. The average molecular weight is 439 g/mol. The molecule has 3 nitrogen and oxygen atoms in total. The van der Waals surface area contributed by atoms with Gasteiger partial charge in [-0.1, -0.05) is 41.4 Å². The maximum absolute atomic E-state index is 12.6. The summed E-state index contributed by atoms with van der Waals surface area (Å²) >= 11 is 11.9. The van der Waals surface area contributed by atoms with Gasteiger partial charge in [-0.2, -0.15) is 18.3 Å². The number of benzene rings is 3. The fourth-order valence-electron chi connectivity index (χ4n) is 2.40. The van der Waals surface area contributed by atoms with Crippen LogP contribution in [-0.2, 0) is 12.8 Å². The van der Waals surface area contributed by atoms with Crippen LogP contribution in [-0.4, -0.2) is 6.21 Å². The Balaban J connectivity index is 1.58. The lowest BCUT2D eigenvalue weighted by Crippen LogP contribution is -2.04. The smallest absolute Gasteiger partial charge is 0.416 e. The first kappa shape index (κ1) is 21.0. The predicted octanol–water partition coefficient (Wildman–Crippen LogP) is 7.04. The van der Waals surface area contributed by atoms with Gasteiger partial charge in [0.05, 0.1) is 27.5 Å². The molecule has 150 valence electrons. The molecule has 1 N–H and O–H groups in total. The van der Waals surface area contributed by atoms with Crippen LogP contribution in [0.2, 0.25) is 10.0 Å². The van der Waals surface area contributed by atoms with Crippen LogP contribution in [0.1, 0.15) is 16.7 Å². The van der Waals surface area contributed by atoms with Gasteiger partial charge in [0, 0.05) is 0 Å². The predicted molar refractivity (Wildman–Crippen MR) is 110 cm³/mol. The van der Waals surface area contributed by atoms with Crippen molar-refractivity contribution in [2.24, 2.45) is 5.10 Å². The van der Waals surface area contributed by atoms with Gasteiger partial charge in [0.15, 0.2) is 0 Å². The van der Waals surface area contributed by atoms with E-state index in [-0.39, 0.29) is 0 Å². The van der Waals surface area contributed by atoms with Crippen molar-refractivity contribution in [2.75, 3.05) is 5.43 Å². The molecule has 0 radical (unpaired) electrons. The molecule has 3 aromatic rings. The zero-order valence-electron chi connectivity index (χ0n) is 14.9. The normalized spacial score (nSPS) is 11.6. The van der Waals surface area contributed by atoms with E-state index in [1.807, 2.05) is 18.2 Å². The van der Waals surface area contributed by atoms with Crippen molar-refractivity contribution >= 4 is 35.1 Å². The molecule has 0 unspecified atom stereocenters. The minimum Gasteiger partial charge on any atom is -0.489 e. The standard InChI is InChI=1S/C21H15Cl2F3N2O/c22-19-9-4-15(11-20(19)23)13-29-18-3-1-2-14(10-18)12-27-28-17-7-5-16(6-8-17)21(24,25)26/h1-12,28H,13H2. The Morgan fingerprint density at radius 1 is 0.931 bits per heavy atom. The third kappa shape index (κ3) is 6.14. The number of halogens is 5. The Bertz CT molecular complexity index is 1010. The second kappa shape index (κ2) is 9.20. The van der Waals surface area contributed by atoms with Crippen LogP contribution in [0.3, 0.4) is 0 Å². The third-order valence-electron chi connectivity index (χ3n) is 3.87. The van der Waals surface area contributed by atoms with Crippen LogP contribution in [0.5, 0.6) is 5.75 Å². The first-order valence-corrected chi connectivity index (χ1v) is 9.20. The van der Waals surface area contributed by atoms with E-state index >= 15 is 0 Å². The molecule has 0 bridgehead atoms. The van der Waals surface area contributed by atoms with Gasteiger partial charge in [0.1, 0.15) is 12.4 Å². The van der Waals surface area contributed by atoms with Crippen LogP contribution in [0.25, 0.3) is 0 Å². The van der Waals surface area contributed by atoms with E-state index in [1.54, 1.807) is 30.5 Å². The van der Waals surface area contributed by atoms with Crippen molar-refractivity contribution in [3.63, 3.8) is 0 Å². The summed E-state index contributed by atoms with van der Waals surface area (Å²) in [7, 11) is 0. The zero-order valence-corrected chi connectivity index (χ0v) is 16.4. The highest BCUT2D eigenvalue weighted by atomic mass is 35.5. The molecule has 29 heavy (non-hydrogen) atoms. The molecule has 8 heteroatoms. The number of nitrogens with zero attached hydrogens (tertiary/aromatic N) is 1. The fraction of sp³-hybridized carbons (Fsp3) is 0.0952. The first-order chi connectivity index (χ1) is 13.8. The number of hydrogen-bond donors (Lipinski definition) is 1. The van der Waals surface area contributed by atoms with E-state index < -0.39 is 11.7 Å². The summed E-state index contributed by atoms with van der Waals surface area (Å²) in [6.07, 6.45) is -2.82. The van der Waals surface area contributed by atoms with Crippen LogP contribution >= 0.6 is 23.2 Å². The summed E-state index contributed by atoms with van der Waals surface area (Å²) in [5.41, 5.74) is 4.07. The number of hydrogen-bond acceptors (Lipinski definition) is 3. The molecule has 3 rings (SSSR count). The number of nitrogens with one attached hydrogen (secondary N) is 1. The second-order valence-electron chi connectivity index (χ2n) is 6.05. The highest BCUT2D eigenvalue weighted by molar-refractivity contribution is 6.42. The number of rotatable bonds is 6. The Hall–Kier alpha value is -2.70. The van der Waals surface area contributed by atoms with Gasteiger partial charge in [-0.05, 0) is 59.7 Å². The zero-order chi connectivity index (χ0) is 20.9. The summed E-state index contributed by atoms with van der Waals surface area (Å²) in [6, 6.07) is 17.1. The van der Waals surface area contributed by atoms with E-state index in [4.69, 9.17) is 27.9 Å². The molecule has 0 aliphatic heterocycles. The molecule has 0 fully saturated rings. The van der Waals surface area contributed by atoms with Gasteiger partial charge in [0.25, 0.3) is 0 Å². The first-order valence-electron chi connectivity index (χ1n) is 8.44. The Morgan fingerprint density at radius 3 is 2.38 bits per heavy atom. The largest absolute Gasteiger partial charge is 0.489 e. The highest BCUT2D eigenvalue weighted by Crippen LogP contribution is 2.29. The quantitative estimate of drug-likeness (QED) is 0.330. The van der Waals surface area contributed by atoms with E-state index in [2.05, 4.69) is 10.5 Å². The molecule has 0 saturated heterocycles. The maximum Gasteiger partial charge on any atom is 0.416 e.